The van der Waals surface area contributed by atoms with Gasteiger partial charge >= 0.3 is 101 Å². The van der Waals surface area contributed by atoms with Gasteiger partial charge in [0.1, 0.15) is 0 Å². The van der Waals surface area contributed by atoms with Gasteiger partial charge in [0.05, 0.1) is 0 Å². The van der Waals surface area contributed by atoms with Crippen LogP contribution in [0.1, 0.15) is 34.1 Å². The molecule has 0 fully saturated rings. The first-order valence-electron chi connectivity index (χ1n) is 5.13. The average Bonchev–Trinajstić information content (AvgIpc) is 1.98. The number of nitrogens with one attached hydrogen (secondary N) is 1. The molecule has 3 unspecified atom stereocenters. The summed E-state index contributed by atoms with van der Waals surface area (Å²) in [7, 11) is 0. The summed E-state index contributed by atoms with van der Waals surface area (Å²) in [6, 6.07) is 0. The summed E-state index contributed by atoms with van der Waals surface area (Å²) in [5.41, 5.74) is 0. The third-order valence-corrected chi connectivity index (χ3v) is 4.14. The van der Waals surface area contributed by atoms with Crippen molar-refractivity contribution < 1.29 is 0 Å². The van der Waals surface area contributed by atoms with Crippen LogP contribution in [0.4, 0.5) is 0 Å². The van der Waals surface area contributed by atoms with Gasteiger partial charge in [-0.05, 0) is 0 Å². The van der Waals surface area contributed by atoms with E-state index in [1.165, 1.54) is 13.0 Å². The Balaban J connectivity index is 0. The molecule has 0 aliphatic carbocycles. The van der Waals surface area contributed by atoms with Crippen LogP contribution in [0.15, 0.2) is 0 Å². The molecule has 1 N–H and O–H groups in total. The van der Waals surface area contributed by atoms with Crippen LogP contribution in [-0.4, -0.2) is 44.1 Å². The zero-order valence-corrected chi connectivity index (χ0v) is 15.1. The van der Waals surface area contributed by atoms with E-state index in [1.54, 1.807) is 22.5 Å². The van der Waals surface area contributed by atoms with Crippen LogP contribution in [0, 0.1) is 5.92 Å². The minimum atomic E-state index is 0. The van der Waals surface area contributed by atoms with Crippen molar-refractivity contribution in [1.29, 1.82) is 0 Å². The van der Waals surface area contributed by atoms with Crippen LogP contribution in [0.3, 0.4) is 0 Å². The quantitative estimate of drug-likeness (QED) is 0.674. The summed E-state index contributed by atoms with van der Waals surface area (Å²) in [5.74, 6) is 0.817. The number of rotatable bonds is 7. The van der Waals surface area contributed by atoms with Crippen molar-refractivity contribution in [2.24, 2.45) is 5.92 Å². The summed E-state index contributed by atoms with van der Waals surface area (Å²) in [6.45, 7) is 11.4. The van der Waals surface area contributed by atoms with Gasteiger partial charge in [0.15, 0.2) is 0 Å². The molecule has 0 aliphatic rings. The Morgan fingerprint density at radius 2 is 1.86 bits per heavy atom. The number of hydrogen-bond donors (Lipinski definition) is 1. The SMILES string of the molecule is Br.CCNCC(C)CC(C)S[CH](C)[Sn]. The molecule has 0 saturated carbocycles. The van der Waals surface area contributed by atoms with Crippen molar-refractivity contribution >= 4 is 51.3 Å². The van der Waals surface area contributed by atoms with Gasteiger partial charge in [-0.3, -0.25) is 0 Å². The molecule has 0 bridgehead atoms. The monoisotopic (exact) mass is 388 g/mol. The van der Waals surface area contributed by atoms with E-state index in [0.29, 0.717) is 0 Å². The molecule has 0 spiro atoms. The van der Waals surface area contributed by atoms with E-state index in [-0.39, 0.29) is 17.0 Å². The first-order chi connectivity index (χ1) is 6.06. The Morgan fingerprint density at radius 3 is 2.29 bits per heavy atom. The normalized spacial score (nSPS) is 16.9. The van der Waals surface area contributed by atoms with Crippen molar-refractivity contribution in [3.8, 4) is 0 Å². The van der Waals surface area contributed by atoms with Gasteiger partial charge in [-0.15, -0.1) is 17.0 Å². The Labute approximate surface area is 117 Å². The van der Waals surface area contributed by atoms with E-state index in [0.717, 1.165) is 21.0 Å². The maximum atomic E-state index is 3.40. The van der Waals surface area contributed by atoms with Crippen LogP contribution in [-0.2, 0) is 0 Å². The molecule has 3 radical (unpaired) electrons. The third-order valence-electron chi connectivity index (χ3n) is 1.91. The predicted molar refractivity (Wildman–Crippen MR) is 74.9 cm³/mol. The minimum absolute atomic E-state index is 0. The summed E-state index contributed by atoms with van der Waals surface area (Å²) < 4.78 is 0.855. The van der Waals surface area contributed by atoms with E-state index in [9.17, 15) is 0 Å². The van der Waals surface area contributed by atoms with Crippen LogP contribution < -0.4 is 5.32 Å². The summed E-state index contributed by atoms with van der Waals surface area (Å²) in [4.78, 5) is 0. The first kappa shape index (κ1) is 18.0. The molecule has 4 heteroatoms. The molecule has 85 valence electrons. The Morgan fingerprint density at radius 1 is 1.29 bits per heavy atom. The van der Waals surface area contributed by atoms with E-state index < -0.39 is 0 Å². The topological polar surface area (TPSA) is 12.0 Å². The van der Waals surface area contributed by atoms with Gasteiger partial charge < -0.3 is 0 Å². The van der Waals surface area contributed by atoms with Gasteiger partial charge in [0.2, 0.25) is 0 Å². The number of thioether (sulfide) groups is 1. The third kappa shape index (κ3) is 11.7. The molecule has 0 aromatic carbocycles. The van der Waals surface area contributed by atoms with Crippen molar-refractivity contribution in [2.45, 2.75) is 42.6 Å². The maximum absolute atomic E-state index is 3.40. The van der Waals surface area contributed by atoms with Gasteiger partial charge in [0.25, 0.3) is 0 Å². The molecule has 0 aromatic heterocycles. The Kier molecular flexibility index (Phi) is 14.2. The van der Waals surface area contributed by atoms with Crippen molar-refractivity contribution in [2.75, 3.05) is 13.1 Å². The number of hydrogen-bond acceptors (Lipinski definition) is 2. The Bertz CT molecular complexity index is 125. The molecular formula is C10H23BrNSSn. The standard InChI is InChI=1S/C10H22NS.BrH.Sn/c1-5-11-8-9(3)7-10(4)12-6-2;;/h6,9-11H,5,7-8H2,1-4H3;1H;. The van der Waals surface area contributed by atoms with E-state index in [1.807, 2.05) is 0 Å². The molecule has 1 nitrogen and oxygen atoms in total. The summed E-state index contributed by atoms with van der Waals surface area (Å²) >= 11 is 3.78. The van der Waals surface area contributed by atoms with Crippen LogP contribution >= 0.6 is 28.7 Å². The molecule has 0 aliphatic heterocycles. The van der Waals surface area contributed by atoms with Crippen LogP contribution in [0.5, 0.6) is 0 Å². The van der Waals surface area contributed by atoms with E-state index in [4.69, 9.17) is 0 Å². The van der Waals surface area contributed by atoms with Crippen molar-refractivity contribution in [1.82, 2.24) is 5.32 Å². The molecule has 0 aromatic rings. The van der Waals surface area contributed by atoms with Gasteiger partial charge in [-0.2, -0.15) is 0 Å². The van der Waals surface area contributed by atoms with E-state index >= 15 is 0 Å². The average molecular weight is 388 g/mol. The zero-order valence-electron chi connectivity index (χ0n) is 9.67. The molecule has 0 rings (SSSR count). The molecule has 0 saturated heterocycles. The van der Waals surface area contributed by atoms with Gasteiger partial charge in [-0.1, -0.05) is 0 Å². The second-order valence-electron chi connectivity index (χ2n) is 3.74. The zero-order chi connectivity index (χ0) is 10.3. The van der Waals surface area contributed by atoms with Gasteiger partial charge in [0, 0.05) is 0 Å². The van der Waals surface area contributed by atoms with E-state index in [2.05, 4.69) is 44.8 Å². The van der Waals surface area contributed by atoms with Gasteiger partial charge in [-0.25, -0.2) is 0 Å². The summed E-state index contributed by atoms with van der Waals surface area (Å²) in [5, 5.41) is 4.23. The predicted octanol–water partition coefficient (Wildman–Crippen LogP) is 2.84. The molecule has 3 atom stereocenters. The number of halogens is 1. The molecule has 0 heterocycles. The fourth-order valence-electron chi connectivity index (χ4n) is 1.44. The fraction of sp³-hybridized carbons (Fsp3) is 1.00. The van der Waals surface area contributed by atoms with Crippen LogP contribution in [0.25, 0.3) is 0 Å². The first-order valence-corrected chi connectivity index (χ1v) is 7.72. The second-order valence-corrected chi connectivity index (χ2v) is 9.19. The fourth-order valence-corrected chi connectivity index (χ4v) is 4.57. The molecule has 0 amide bonds. The summed E-state index contributed by atoms with van der Waals surface area (Å²) in [6.07, 6.45) is 1.34. The Hall–Kier alpha value is 1.59. The molecule has 14 heavy (non-hydrogen) atoms. The van der Waals surface area contributed by atoms with Crippen molar-refractivity contribution in [3.05, 3.63) is 0 Å². The molecular weight excluding hydrogens is 365 g/mol. The second kappa shape index (κ2) is 11.1. The van der Waals surface area contributed by atoms with Crippen LogP contribution in [0.2, 0.25) is 0 Å². The van der Waals surface area contributed by atoms with Crippen molar-refractivity contribution in [3.63, 3.8) is 0 Å².